The molecule has 4 heteroatoms. The lowest BCUT2D eigenvalue weighted by atomic mass is 9.48. The van der Waals surface area contributed by atoms with Crippen molar-refractivity contribution >= 4 is 29.5 Å². The molecule has 1 aliphatic heterocycles. The number of thioether (sulfide) groups is 2. The normalized spacial score (nSPS) is 47.7. The van der Waals surface area contributed by atoms with Gasteiger partial charge in [-0.3, -0.25) is 4.79 Å². The average Bonchev–Trinajstić information content (AvgIpc) is 3.21. The largest absolute Gasteiger partial charge is 0.462 e. The summed E-state index contributed by atoms with van der Waals surface area (Å²) in [6, 6.07) is 0. The molecule has 1 spiro atoms. The van der Waals surface area contributed by atoms with Crippen LogP contribution in [0.5, 0.6) is 0 Å². The third-order valence-electron chi connectivity index (χ3n) is 9.19. The number of ether oxygens (including phenoxy) is 1. The van der Waals surface area contributed by atoms with Crippen LogP contribution in [0.3, 0.4) is 0 Å². The van der Waals surface area contributed by atoms with E-state index in [1.54, 1.807) is 12.5 Å². The Labute approximate surface area is 173 Å². The first-order chi connectivity index (χ1) is 12.9. The molecule has 4 fully saturated rings. The molecule has 6 atom stereocenters. The number of hydrogen-bond donors (Lipinski definition) is 0. The minimum absolute atomic E-state index is 0.117. The molecule has 27 heavy (non-hydrogen) atoms. The predicted octanol–water partition coefficient (Wildman–Crippen LogP) is 6.06. The van der Waals surface area contributed by atoms with Gasteiger partial charge in [0.1, 0.15) is 6.10 Å². The summed E-state index contributed by atoms with van der Waals surface area (Å²) in [4.78, 5) is 11.4. The van der Waals surface area contributed by atoms with Crippen LogP contribution in [-0.2, 0) is 9.53 Å². The minimum atomic E-state index is -0.117. The van der Waals surface area contributed by atoms with E-state index in [0.29, 0.717) is 14.9 Å². The number of hydrogen-bond acceptors (Lipinski definition) is 4. The molecule has 0 aromatic carbocycles. The molecule has 5 rings (SSSR count). The van der Waals surface area contributed by atoms with Gasteiger partial charge in [-0.05, 0) is 73.5 Å². The second-order valence-electron chi connectivity index (χ2n) is 10.2. The van der Waals surface area contributed by atoms with Crippen molar-refractivity contribution in [2.75, 3.05) is 11.5 Å². The van der Waals surface area contributed by atoms with E-state index in [4.69, 9.17) is 4.74 Å². The van der Waals surface area contributed by atoms with Crippen molar-refractivity contribution in [1.82, 2.24) is 0 Å². The fourth-order valence-electron chi connectivity index (χ4n) is 7.85. The maximum absolute atomic E-state index is 11.4. The quantitative estimate of drug-likeness (QED) is 0.391. The minimum Gasteiger partial charge on any atom is -0.462 e. The smallest absolute Gasteiger partial charge is 0.302 e. The first-order valence-corrected chi connectivity index (χ1v) is 13.0. The third kappa shape index (κ3) is 2.64. The molecule has 0 bridgehead atoms. The van der Waals surface area contributed by atoms with Gasteiger partial charge in [0, 0.05) is 24.9 Å². The Morgan fingerprint density at radius 2 is 1.81 bits per heavy atom. The molecule has 1 heterocycles. The van der Waals surface area contributed by atoms with Crippen molar-refractivity contribution < 1.29 is 9.53 Å². The van der Waals surface area contributed by atoms with Gasteiger partial charge in [-0.15, -0.1) is 23.5 Å². The van der Waals surface area contributed by atoms with E-state index in [1.807, 2.05) is 0 Å². The zero-order chi connectivity index (χ0) is 18.9. The summed E-state index contributed by atoms with van der Waals surface area (Å²) in [5.41, 5.74) is 2.51. The topological polar surface area (TPSA) is 26.3 Å². The van der Waals surface area contributed by atoms with Crippen LogP contribution in [0.15, 0.2) is 11.6 Å². The zero-order valence-corrected chi connectivity index (χ0v) is 18.7. The maximum atomic E-state index is 11.4. The first kappa shape index (κ1) is 18.9. The molecule has 0 N–H and O–H groups in total. The number of esters is 1. The number of carbonyl (C=O) groups excluding carboxylic acids is 1. The number of allylic oxidation sites excluding steroid dienone is 1. The van der Waals surface area contributed by atoms with Gasteiger partial charge in [-0.1, -0.05) is 25.5 Å². The lowest BCUT2D eigenvalue weighted by Gasteiger charge is -2.59. The Kier molecular flexibility index (Phi) is 4.52. The molecule has 0 aromatic heterocycles. The summed E-state index contributed by atoms with van der Waals surface area (Å²) >= 11 is 4.61. The third-order valence-corrected chi connectivity index (χ3v) is 13.2. The van der Waals surface area contributed by atoms with Crippen molar-refractivity contribution in [2.45, 2.75) is 82.3 Å². The van der Waals surface area contributed by atoms with Crippen LogP contribution in [0.2, 0.25) is 0 Å². The van der Waals surface area contributed by atoms with Gasteiger partial charge in [-0.2, -0.15) is 0 Å². The second-order valence-corrected chi connectivity index (χ2v) is 13.2. The standard InChI is InChI=1S/C23H34O2S2/c1-15(24)25-17-6-9-21(2)16(14-17)4-5-18-19(21)7-10-22(3)20(18)8-11-23(22)26-12-13-27-23/h4,17-20H,5-14H2,1-3H3/t17-,18-,19+,20+,21+,22+/m1/s1. The van der Waals surface area contributed by atoms with Crippen molar-refractivity contribution in [3.05, 3.63) is 11.6 Å². The maximum Gasteiger partial charge on any atom is 0.302 e. The van der Waals surface area contributed by atoms with Crippen LogP contribution in [0.25, 0.3) is 0 Å². The fraction of sp³-hybridized carbons (Fsp3) is 0.870. The molecule has 5 aliphatic rings. The zero-order valence-electron chi connectivity index (χ0n) is 17.1. The molecular weight excluding hydrogens is 372 g/mol. The summed E-state index contributed by atoms with van der Waals surface area (Å²) in [6.45, 7) is 6.76. The average molecular weight is 407 g/mol. The van der Waals surface area contributed by atoms with Crippen molar-refractivity contribution in [3.8, 4) is 0 Å². The summed E-state index contributed by atoms with van der Waals surface area (Å²) < 4.78 is 6.11. The van der Waals surface area contributed by atoms with Gasteiger partial charge in [-0.25, -0.2) is 0 Å². The van der Waals surface area contributed by atoms with Gasteiger partial charge in [0.05, 0.1) is 4.08 Å². The molecule has 150 valence electrons. The Morgan fingerprint density at radius 1 is 1.07 bits per heavy atom. The van der Waals surface area contributed by atoms with Gasteiger partial charge < -0.3 is 4.74 Å². The van der Waals surface area contributed by atoms with Gasteiger partial charge >= 0.3 is 5.97 Å². The lowest BCUT2D eigenvalue weighted by molar-refractivity contribution is -0.148. The highest BCUT2D eigenvalue weighted by Crippen LogP contribution is 2.73. The van der Waals surface area contributed by atoms with E-state index in [1.165, 1.54) is 50.0 Å². The molecule has 1 saturated heterocycles. The second kappa shape index (κ2) is 6.45. The Bertz CT molecular complexity index is 667. The lowest BCUT2D eigenvalue weighted by Crippen LogP contribution is -2.52. The molecule has 0 radical (unpaired) electrons. The van der Waals surface area contributed by atoms with Crippen molar-refractivity contribution in [3.63, 3.8) is 0 Å². The van der Waals surface area contributed by atoms with Crippen molar-refractivity contribution in [1.29, 1.82) is 0 Å². The van der Waals surface area contributed by atoms with Gasteiger partial charge in [0.15, 0.2) is 0 Å². The summed E-state index contributed by atoms with van der Waals surface area (Å²) in [5.74, 6) is 5.24. The van der Waals surface area contributed by atoms with Crippen LogP contribution in [0.1, 0.15) is 72.1 Å². The molecule has 4 aliphatic carbocycles. The number of carbonyl (C=O) groups is 1. The highest BCUT2D eigenvalue weighted by Gasteiger charge is 2.65. The molecule has 3 saturated carbocycles. The fourth-order valence-corrected chi connectivity index (χ4v) is 11.7. The number of fused-ring (bicyclic) bond motifs is 6. The predicted molar refractivity (Wildman–Crippen MR) is 115 cm³/mol. The Balaban J connectivity index is 1.41. The van der Waals surface area contributed by atoms with Crippen LogP contribution in [-0.4, -0.2) is 27.7 Å². The number of rotatable bonds is 1. The SMILES string of the molecule is CC(=O)O[C@@H]1CC[C@@]2(C)C(=CC[C@@H]3[C@@H]2CC[C@@]2(C)[C@H]3CCC23SCCS3)C1. The Morgan fingerprint density at radius 3 is 2.56 bits per heavy atom. The monoisotopic (exact) mass is 406 g/mol. The summed E-state index contributed by atoms with van der Waals surface area (Å²) in [7, 11) is 0. The van der Waals surface area contributed by atoms with Crippen LogP contribution in [0.4, 0.5) is 0 Å². The first-order valence-electron chi connectivity index (χ1n) is 11.0. The molecular formula is C23H34O2S2. The highest BCUT2D eigenvalue weighted by atomic mass is 32.2. The van der Waals surface area contributed by atoms with Gasteiger partial charge in [0.2, 0.25) is 0 Å². The molecule has 2 nitrogen and oxygen atoms in total. The molecule has 0 amide bonds. The van der Waals surface area contributed by atoms with Crippen LogP contribution >= 0.6 is 23.5 Å². The van der Waals surface area contributed by atoms with Crippen molar-refractivity contribution in [2.24, 2.45) is 28.6 Å². The van der Waals surface area contributed by atoms with E-state index in [0.717, 1.165) is 30.6 Å². The molecule has 0 aromatic rings. The van der Waals surface area contributed by atoms with Crippen LogP contribution in [0, 0.1) is 28.6 Å². The van der Waals surface area contributed by atoms with E-state index < -0.39 is 0 Å². The van der Waals surface area contributed by atoms with E-state index in [-0.39, 0.29) is 12.1 Å². The van der Waals surface area contributed by atoms with E-state index in [9.17, 15) is 4.79 Å². The highest BCUT2D eigenvalue weighted by molar-refractivity contribution is 8.21. The summed E-state index contributed by atoms with van der Waals surface area (Å²) in [6.07, 6.45) is 12.9. The van der Waals surface area contributed by atoms with Gasteiger partial charge in [0.25, 0.3) is 0 Å². The van der Waals surface area contributed by atoms with Crippen LogP contribution < -0.4 is 0 Å². The summed E-state index contributed by atoms with van der Waals surface area (Å²) in [5, 5.41) is 0. The van der Waals surface area contributed by atoms with E-state index >= 15 is 0 Å². The van der Waals surface area contributed by atoms with E-state index in [2.05, 4.69) is 43.4 Å². The Hall–Kier alpha value is -0.0900. The molecule has 0 unspecified atom stereocenters.